The van der Waals surface area contributed by atoms with Crippen molar-refractivity contribution >= 4 is 0 Å². The smallest absolute Gasteiger partial charge is 0.0656 e. The van der Waals surface area contributed by atoms with Crippen LogP contribution < -0.4 is 0 Å². The van der Waals surface area contributed by atoms with Crippen LogP contribution in [0.2, 0.25) is 0 Å². The van der Waals surface area contributed by atoms with Crippen molar-refractivity contribution in [3.8, 4) is 0 Å². The highest BCUT2D eigenvalue weighted by atomic mass is 15.1. The van der Waals surface area contributed by atoms with Crippen LogP contribution in [-0.4, -0.2) is 10.2 Å². The average molecular weight is 168 g/mol. The highest BCUT2D eigenvalue weighted by molar-refractivity contribution is 5.26. The van der Waals surface area contributed by atoms with Crippen molar-refractivity contribution in [3.05, 3.63) is 17.0 Å². The summed E-state index contributed by atoms with van der Waals surface area (Å²) in [6.45, 7) is 6.11. The lowest BCUT2D eigenvalue weighted by Gasteiger charge is -2.08. The Hall–Kier alpha value is -0.790. The fourth-order valence-corrected chi connectivity index (χ4v) is 1.64. The van der Waals surface area contributed by atoms with Gasteiger partial charge >= 0.3 is 0 Å². The summed E-state index contributed by atoms with van der Waals surface area (Å²) in [4.78, 5) is 0. The van der Waals surface area contributed by atoms with Crippen LogP contribution in [0.15, 0.2) is 0 Å². The maximum absolute atomic E-state index is 4.23. The fraction of sp³-hybridized carbons (Fsp3) is 0.700. The molecule has 0 bridgehead atoms. The molecule has 2 heteroatoms. The van der Waals surface area contributed by atoms with Crippen molar-refractivity contribution in [3.63, 3.8) is 0 Å². The van der Waals surface area contributed by atoms with Crippen molar-refractivity contribution in [1.29, 1.82) is 0 Å². The first kappa shape index (κ1) is 9.30. The molecule has 0 amide bonds. The van der Waals surface area contributed by atoms with Gasteiger partial charge in [0.1, 0.15) is 0 Å². The predicted molar refractivity (Wildman–Crippen MR) is 53.4 cm³/mol. The number of aromatic amines is 1. The lowest BCUT2D eigenvalue weighted by Crippen LogP contribution is -2.00. The molecule has 0 saturated heterocycles. The van der Waals surface area contributed by atoms with Crippen LogP contribution in [0.3, 0.4) is 0 Å². The second-order valence-corrected chi connectivity index (χ2v) is 2.98. The van der Waals surface area contributed by atoms with Crippen molar-refractivity contribution in [2.75, 3.05) is 0 Å². The summed E-state index contributed by atoms with van der Waals surface area (Å²) >= 11 is 0. The molecule has 1 aliphatic rings. The van der Waals surface area contributed by atoms with Crippen LogP contribution in [0.4, 0.5) is 0 Å². The first-order valence-corrected chi connectivity index (χ1v) is 4.90. The molecule has 0 saturated carbocycles. The number of nitrogens with one attached hydrogen (secondary N) is 1. The van der Waals surface area contributed by atoms with E-state index in [2.05, 4.69) is 17.1 Å². The van der Waals surface area contributed by atoms with Gasteiger partial charge in [-0.15, -0.1) is 0 Å². The molecule has 0 radical (unpaired) electrons. The van der Waals surface area contributed by atoms with E-state index in [1.807, 2.05) is 13.8 Å². The normalized spacial score (nSPS) is 14.6. The number of hydrogen-bond donors (Lipinski definition) is 1. The molecule has 2 nitrogen and oxygen atoms in total. The van der Waals surface area contributed by atoms with Crippen LogP contribution >= 0.6 is 0 Å². The Morgan fingerprint density at radius 2 is 1.92 bits per heavy atom. The Morgan fingerprint density at radius 1 is 1.25 bits per heavy atom. The largest absolute Gasteiger partial charge is 0.282 e. The van der Waals surface area contributed by atoms with Gasteiger partial charge in [0.05, 0.1) is 5.69 Å². The Balaban J connectivity index is 0.000000451. The van der Waals surface area contributed by atoms with E-state index in [9.17, 15) is 0 Å². The summed E-state index contributed by atoms with van der Waals surface area (Å²) in [6, 6.07) is 0. The van der Waals surface area contributed by atoms with Gasteiger partial charge in [0.15, 0.2) is 0 Å². The highest BCUT2D eigenvalue weighted by Crippen LogP contribution is 2.20. The van der Waals surface area contributed by atoms with Gasteiger partial charge < -0.3 is 0 Å². The number of hydrogen-bond acceptors (Lipinski definition) is 1. The SMILES string of the molecule is CC.Cc1[nH]nc2c1CCCC2.[HH]. The maximum atomic E-state index is 4.23. The van der Waals surface area contributed by atoms with Gasteiger partial charge in [-0.25, -0.2) is 0 Å². The van der Waals surface area contributed by atoms with Gasteiger partial charge in [-0.2, -0.15) is 5.10 Å². The van der Waals surface area contributed by atoms with E-state index in [1.165, 1.54) is 42.6 Å². The molecule has 0 atom stereocenters. The maximum Gasteiger partial charge on any atom is 0.0656 e. The van der Waals surface area contributed by atoms with E-state index in [0.29, 0.717) is 0 Å². The number of H-pyrrole nitrogens is 1. The zero-order valence-electron chi connectivity index (χ0n) is 8.28. The van der Waals surface area contributed by atoms with Crippen LogP contribution in [0, 0.1) is 6.92 Å². The van der Waals surface area contributed by atoms with E-state index in [-0.39, 0.29) is 1.43 Å². The van der Waals surface area contributed by atoms with Gasteiger partial charge in [-0.1, -0.05) is 13.8 Å². The summed E-state index contributed by atoms with van der Waals surface area (Å²) < 4.78 is 0. The molecule has 0 unspecified atom stereocenters. The lowest BCUT2D eigenvalue weighted by atomic mass is 9.96. The monoisotopic (exact) mass is 168 g/mol. The molecular formula is C10H20N2. The Labute approximate surface area is 75.9 Å². The zero-order chi connectivity index (χ0) is 8.97. The first-order chi connectivity index (χ1) is 5.88. The van der Waals surface area contributed by atoms with Gasteiger partial charge in [0.2, 0.25) is 0 Å². The van der Waals surface area contributed by atoms with Crippen LogP contribution in [0.5, 0.6) is 0 Å². The zero-order valence-corrected chi connectivity index (χ0v) is 8.28. The third-order valence-electron chi connectivity index (χ3n) is 2.25. The molecule has 0 aliphatic heterocycles. The number of rotatable bonds is 0. The minimum absolute atomic E-state index is 0. The number of aromatic nitrogens is 2. The summed E-state index contributed by atoms with van der Waals surface area (Å²) in [5, 5.41) is 7.26. The fourth-order valence-electron chi connectivity index (χ4n) is 1.64. The third-order valence-corrected chi connectivity index (χ3v) is 2.25. The second kappa shape index (κ2) is 4.29. The Morgan fingerprint density at radius 3 is 2.58 bits per heavy atom. The summed E-state index contributed by atoms with van der Waals surface area (Å²) in [5.74, 6) is 0. The van der Waals surface area contributed by atoms with Crippen molar-refractivity contribution < 1.29 is 1.43 Å². The minimum atomic E-state index is 0. The summed E-state index contributed by atoms with van der Waals surface area (Å²) in [7, 11) is 0. The van der Waals surface area contributed by atoms with Gasteiger partial charge in [-0.05, 0) is 38.2 Å². The highest BCUT2D eigenvalue weighted by Gasteiger charge is 2.13. The molecule has 0 spiro atoms. The predicted octanol–water partition coefficient (Wildman–Crippen LogP) is 2.87. The van der Waals surface area contributed by atoms with Crippen molar-refractivity contribution in [2.24, 2.45) is 0 Å². The molecule has 0 fully saturated rings. The molecule has 1 heterocycles. The van der Waals surface area contributed by atoms with E-state index in [1.54, 1.807) is 0 Å². The molecule has 1 aliphatic carbocycles. The number of aryl methyl sites for hydroxylation is 2. The quantitative estimate of drug-likeness (QED) is 0.634. The summed E-state index contributed by atoms with van der Waals surface area (Å²) in [6.07, 6.45) is 5.07. The molecule has 70 valence electrons. The van der Waals surface area contributed by atoms with Crippen LogP contribution in [0.1, 0.15) is 45.1 Å². The van der Waals surface area contributed by atoms with E-state index >= 15 is 0 Å². The average Bonchev–Trinajstić information content (AvgIpc) is 2.53. The second-order valence-electron chi connectivity index (χ2n) is 2.98. The topological polar surface area (TPSA) is 28.7 Å². The standard InChI is InChI=1S/C8H12N2.C2H6.H2/c1-6-7-4-2-3-5-8(7)10-9-6;1-2;/h2-5H2,1H3,(H,9,10);1-2H3;1H. The summed E-state index contributed by atoms with van der Waals surface area (Å²) in [5.41, 5.74) is 4.06. The number of fused-ring (bicyclic) bond motifs is 1. The number of nitrogens with zero attached hydrogens (tertiary/aromatic N) is 1. The molecule has 1 aromatic heterocycles. The minimum Gasteiger partial charge on any atom is -0.282 e. The molecule has 0 aromatic carbocycles. The Kier molecular flexibility index (Phi) is 3.32. The van der Waals surface area contributed by atoms with E-state index < -0.39 is 0 Å². The molecule has 1 N–H and O–H groups in total. The van der Waals surface area contributed by atoms with Gasteiger partial charge in [-0.3, -0.25) is 5.10 Å². The third kappa shape index (κ3) is 1.68. The molecule has 1 aromatic rings. The molecule has 2 rings (SSSR count). The van der Waals surface area contributed by atoms with Crippen LogP contribution in [0.25, 0.3) is 0 Å². The van der Waals surface area contributed by atoms with Crippen LogP contribution in [-0.2, 0) is 12.8 Å². The lowest BCUT2D eigenvalue weighted by molar-refractivity contribution is 0.673. The van der Waals surface area contributed by atoms with Crippen molar-refractivity contribution in [1.82, 2.24) is 10.2 Å². The van der Waals surface area contributed by atoms with Gasteiger partial charge in [0, 0.05) is 7.12 Å². The molecular weight excluding hydrogens is 148 g/mol. The first-order valence-electron chi connectivity index (χ1n) is 4.90. The van der Waals surface area contributed by atoms with E-state index in [4.69, 9.17) is 0 Å². The Bertz CT molecular complexity index is 243. The van der Waals surface area contributed by atoms with E-state index in [0.717, 1.165) is 0 Å². The van der Waals surface area contributed by atoms with Gasteiger partial charge in [0.25, 0.3) is 0 Å². The van der Waals surface area contributed by atoms with Crippen molar-refractivity contribution in [2.45, 2.75) is 46.5 Å². The molecule has 12 heavy (non-hydrogen) atoms.